The first-order valence-corrected chi connectivity index (χ1v) is 10.8. The Balaban J connectivity index is 1.91. The lowest BCUT2D eigenvalue weighted by Crippen LogP contribution is -2.27. The van der Waals surface area contributed by atoms with E-state index in [4.69, 9.17) is 16.3 Å². The summed E-state index contributed by atoms with van der Waals surface area (Å²) in [4.78, 5) is 2.31. The van der Waals surface area contributed by atoms with Gasteiger partial charge in [-0.2, -0.15) is 0 Å². The van der Waals surface area contributed by atoms with Crippen LogP contribution >= 0.6 is 11.6 Å². The molecule has 0 fully saturated rings. The van der Waals surface area contributed by atoms with Crippen molar-refractivity contribution in [3.05, 3.63) is 89.5 Å². The van der Waals surface area contributed by atoms with E-state index in [2.05, 4.69) is 18.7 Å². The van der Waals surface area contributed by atoms with Gasteiger partial charge in [-0.15, -0.1) is 0 Å². The second kappa shape index (κ2) is 10.9. The molecule has 0 unspecified atom stereocenters. The molecule has 0 aromatic heterocycles. The summed E-state index contributed by atoms with van der Waals surface area (Å²) >= 11 is 6.82. The van der Waals surface area contributed by atoms with Crippen LogP contribution in [0.3, 0.4) is 0 Å². The molecule has 0 saturated carbocycles. The highest BCUT2D eigenvalue weighted by Gasteiger charge is 2.14. The topological polar surface area (TPSA) is 52.9 Å². The van der Waals surface area contributed by atoms with E-state index in [1.54, 1.807) is 42.5 Å². The second-order valence-corrected chi connectivity index (χ2v) is 7.56. The molecule has 0 aliphatic carbocycles. The normalized spacial score (nSPS) is 12.0. The van der Waals surface area contributed by atoms with E-state index in [-0.39, 0.29) is 11.5 Å². The molecule has 0 spiro atoms. The van der Waals surface area contributed by atoms with Gasteiger partial charge in [0.05, 0.1) is 5.03 Å². The summed E-state index contributed by atoms with van der Waals surface area (Å²) in [6.45, 7) is 7.82. The van der Waals surface area contributed by atoms with Crippen molar-refractivity contribution in [2.24, 2.45) is 0 Å². The Bertz CT molecular complexity index is 1010. The first-order valence-electron chi connectivity index (χ1n) is 10.5. The van der Waals surface area contributed by atoms with Crippen LogP contribution in [0.15, 0.2) is 72.8 Å². The quantitative estimate of drug-likeness (QED) is 0.405. The summed E-state index contributed by atoms with van der Waals surface area (Å²) in [6, 6.07) is 21.6. The summed E-state index contributed by atoms with van der Waals surface area (Å²) in [7, 11) is 0. The summed E-state index contributed by atoms with van der Waals surface area (Å²) in [6.07, 6.45) is 0. The molecule has 0 amide bonds. The van der Waals surface area contributed by atoms with Crippen molar-refractivity contribution in [1.82, 2.24) is 4.90 Å². The van der Waals surface area contributed by atoms with Crippen LogP contribution in [0.25, 0.3) is 10.6 Å². The van der Waals surface area contributed by atoms with E-state index in [9.17, 15) is 10.2 Å². The number of phenolic OH excluding ortho intramolecular Hbond substituents is 2. The maximum absolute atomic E-state index is 10.0. The van der Waals surface area contributed by atoms with Crippen molar-refractivity contribution in [1.29, 1.82) is 0 Å². The van der Waals surface area contributed by atoms with Gasteiger partial charge >= 0.3 is 0 Å². The lowest BCUT2D eigenvalue weighted by atomic mass is 9.95. The minimum Gasteiger partial charge on any atom is -0.508 e. The Labute approximate surface area is 189 Å². The molecule has 0 heterocycles. The predicted octanol–water partition coefficient (Wildman–Crippen LogP) is 5.97. The third-order valence-corrected chi connectivity index (χ3v) is 5.60. The second-order valence-electron chi connectivity index (χ2n) is 7.19. The monoisotopic (exact) mass is 437 g/mol. The van der Waals surface area contributed by atoms with Gasteiger partial charge in [0.2, 0.25) is 0 Å². The molecule has 3 aromatic carbocycles. The molecule has 0 saturated heterocycles. The third-order valence-electron chi connectivity index (χ3n) is 5.19. The van der Waals surface area contributed by atoms with Crippen molar-refractivity contribution in [3.63, 3.8) is 0 Å². The van der Waals surface area contributed by atoms with E-state index in [1.165, 1.54) is 0 Å². The number of phenols is 2. The average molecular weight is 438 g/mol. The van der Waals surface area contributed by atoms with E-state index in [0.717, 1.165) is 47.6 Å². The molecule has 0 atom stereocenters. The molecule has 4 nitrogen and oxygen atoms in total. The fourth-order valence-corrected chi connectivity index (χ4v) is 3.73. The summed E-state index contributed by atoms with van der Waals surface area (Å²) in [5, 5.41) is 20.1. The molecule has 31 heavy (non-hydrogen) atoms. The van der Waals surface area contributed by atoms with Crippen molar-refractivity contribution < 1.29 is 14.9 Å². The number of likely N-dealkylation sites (N-methyl/N-ethyl adjacent to an activating group) is 1. The van der Waals surface area contributed by atoms with Crippen molar-refractivity contribution in [3.8, 4) is 17.2 Å². The Kier molecular flexibility index (Phi) is 7.99. The lowest BCUT2D eigenvalue weighted by Gasteiger charge is -2.18. The molecule has 0 radical (unpaired) electrons. The van der Waals surface area contributed by atoms with Crippen LogP contribution in [0.1, 0.15) is 30.5 Å². The smallest absolute Gasteiger partial charge is 0.119 e. The van der Waals surface area contributed by atoms with Crippen LogP contribution in [-0.4, -0.2) is 41.4 Å². The lowest BCUT2D eigenvalue weighted by molar-refractivity contribution is 0.223. The first-order chi connectivity index (χ1) is 15.0. The van der Waals surface area contributed by atoms with Gasteiger partial charge in [-0.05, 0) is 78.3 Å². The molecule has 0 aliphatic rings. The number of benzene rings is 3. The van der Waals surface area contributed by atoms with Crippen molar-refractivity contribution >= 4 is 22.2 Å². The van der Waals surface area contributed by atoms with E-state index < -0.39 is 0 Å². The zero-order valence-corrected chi connectivity index (χ0v) is 18.6. The van der Waals surface area contributed by atoms with Crippen LogP contribution < -0.4 is 4.74 Å². The number of halogens is 1. The summed E-state index contributed by atoms with van der Waals surface area (Å²) in [5.74, 6) is 1.15. The number of aromatic hydroxyl groups is 2. The minimum atomic E-state index is 0.168. The van der Waals surface area contributed by atoms with Crippen molar-refractivity contribution in [2.75, 3.05) is 26.2 Å². The highest BCUT2D eigenvalue weighted by atomic mass is 35.5. The molecule has 0 aliphatic heterocycles. The molecule has 2 N–H and O–H groups in total. The largest absolute Gasteiger partial charge is 0.508 e. The van der Waals surface area contributed by atoms with Crippen molar-refractivity contribution in [2.45, 2.75) is 13.8 Å². The van der Waals surface area contributed by atoms with Crippen LogP contribution in [-0.2, 0) is 0 Å². The third kappa shape index (κ3) is 6.03. The Morgan fingerprint density at radius 2 is 1.45 bits per heavy atom. The van der Waals surface area contributed by atoms with Crippen LogP contribution in [0.2, 0.25) is 0 Å². The fraction of sp³-hybridized carbons (Fsp3) is 0.231. The van der Waals surface area contributed by atoms with Crippen LogP contribution in [0, 0.1) is 0 Å². The molecule has 5 heteroatoms. The van der Waals surface area contributed by atoms with E-state index >= 15 is 0 Å². The molecule has 0 bridgehead atoms. The van der Waals surface area contributed by atoms with Gasteiger partial charge in [-0.25, -0.2) is 0 Å². The first kappa shape index (κ1) is 22.7. The van der Waals surface area contributed by atoms with E-state index in [0.29, 0.717) is 11.6 Å². The number of ether oxygens (including phenoxy) is 1. The van der Waals surface area contributed by atoms with Gasteiger partial charge in [0, 0.05) is 12.1 Å². The molecule has 3 rings (SSSR count). The maximum Gasteiger partial charge on any atom is 0.119 e. The zero-order chi connectivity index (χ0) is 22.2. The Morgan fingerprint density at radius 3 is 2.06 bits per heavy atom. The van der Waals surface area contributed by atoms with Gasteiger partial charge in [0.25, 0.3) is 0 Å². The fourth-order valence-electron chi connectivity index (χ4n) is 3.38. The van der Waals surface area contributed by atoms with Gasteiger partial charge in [0.15, 0.2) is 0 Å². The molecular formula is C26H28ClNO3. The van der Waals surface area contributed by atoms with E-state index in [1.807, 2.05) is 30.3 Å². The molecule has 3 aromatic rings. The number of hydrogen-bond acceptors (Lipinski definition) is 4. The zero-order valence-electron chi connectivity index (χ0n) is 17.9. The van der Waals surface area contributed by atoms with Gasteiger partial charge < -0.3 is 19.8 Å². The molecule has 162 valence electrons. The number of rotatable bonds is 9. The summed E-state index contributed by atoms with van der Waals surface area (Å²) in [5.41, 5.74) is 3.27. The molecular weight excluding hydrogens is 410 g/mol. The number of nitrogens with zero attached hydrogens (tertiary/aromatic N) is 1. The van der Waals surface area contributed by atoms with Gasteiger partial charge in [-0.1, -0.05) is 49.7 Å². The SMILES string of the molecule is CCN(CC)CCOc1ccc(C(=C(Cl)c2ccc(O)cc2)c2cccc(O)c2)cc1. The maximum atomic E-state index is 10.0. The predicted molar refractivity (Wildman–Crippen MR) is 128 cm³/mol. The van der Waals surface area contributed by atoms with Gasteiger partial charge in [-0.3, -0.25) is 0 Å². The highest BCUT2D eigenvalue weighted by molar-refractivity contribution is 6.53. The minimum absolute atomic E-state index is 0.168. The Hall–Kier alpha value is -2.95. The summed E-state index contributed by atoms with van der Waals surface area (Å²) < 4.78 is 5.90. The highest BCUT2D eigenvalue weighted by Crippen LogP contribution is 2.36. The van der Waals surface area contributed by atoms with Crippen LogP contribution in [0.4, 0.5) is 0 Å². The number of hydrogen-bond donors (Lipinski definition) is 2. The Morgan fingerprint density at radius 1 is 0.806 bits per heavy atom. The van der Waals surface area contributed by atoms with Crippen LogP contribution in [0.5, 0.6) is 17.2 Å². The average Bonchev–Trinajstić information content (AvgIpc) is 2.78. The standard InChI is InChI=1S/C26H28ClNO3/c1-3-28(4-2)16-17-31-24-14-10-19(11-15-24)25(21-6-5-7-23(30)18-21)26(27)20-8-12-22(29)13-9-20/h5-15,18,29-30H,3-4,16-17H2,1-2H3. The van der Waals surface area contributed by atoms with Gasteiger partial charge in [0.1, 0.15) is 23.9 Å².